The Hall–Kier alpha value is -2.09. The van der Waals surface area contributed by atoms with Gasteiger partial charge < -0.3 is 5.11 Å². The third kappa shape index (κ3) is 2.92. The summed E-state index contributed by atoms with van der Waals surface area (Å²) in [6, 6.07) is 2.76. The van der Waals surface area contributed by atoms with Gasteiger partial charge in [0.2, 0.25) is 0 Å². The summed E-state index contributed by atoms with van der Waals surface area (Å²) >= 11 is 0. The first-order chi connectivity index (χ1) is 10.3. The number of nitrogens with zero attached hydrogens (tertiary/aromatic N) is 2. The highest BCUT2D eigenvalue weighted by Gasteiger charge is 2.61. The van der Waals surface area contributed by atoms with Crippen LogP contribution in [0.15, 0.2) is 36.3 Å². The number of nitrogens with one attached hydrogen (secondary N) is 1. The van der Waals surface area contributed by atoms with Crippen molar-refractivity contribution in [3.8, 4) is 0 Å². The topological polar surface area (TPSA) is 65.5 Å². The molecule has 0 spiro atoms. The van der Waals surface area contributed by atoms with Crippen molar-refractivity contribution in [3.05, 3.63) is 41.9 Å². The van der Waals surface area contributed by atoms with Crippen molar-refractivity contribution in [1.82, 2.24) is 15.4 Å². The molecular weight excluding hydrogens is 299 g/mol. The summed E-state index contributed by atoms with van der Waals surface area (Å²) in [5.74, 6) is -1.00. The van der Waals surface area contributed by atoms with Gasteiger partial charge in [0, 0.05) is 18.1 Å². The van der Waals surface area contributed by atoms with Gasteiger partial charge in [0.15, 0.2) is 0 Å². The molecule has 0 bridgehead atoms. The van der Waals surface area contributed by atoms with Crippen molar-refractivity contribution in [2.45, 2.75) is 38.1 Å². The molecule has 2 heterocycles. The molecular formula is C14H16F3N3O2. The molecule has 1 aliphatic heterocycles. The number of hydrogen-bond acceptors (Lipinski definition) is 4. The van der Waals surface area contributed by atoms with Gasteiger partial charge in [-0.2, -0.15) is 13.2 Å². The zero-order valence-electron chi connectivity index (χ0n) is 11.9. The maximum Gasteiger partial charge on any atom is 0.442 e. The molecule has 0 fully saturated rings. The molecule has 1 aromatic rings. The lowest BCUT2D eigenvalue weighted by atomic mass is 10.1. The molecule has 1 amide bonds. The minimum absolute atomic E-state index is 0.0529. The summed E-state index contributed by atoms with van der Waals surface area (Å²) in [6.07, 6.45) is -0.101. The quantitative estimate of drug-likeness (QED) is 0.895. The minimum atomic E-state index is -5.02. The van der Waals surface area contributed by atoms with Crippen LogP contribution >= 0.6 is 0 Å². The number of pyridine rings is 1. The Bertz CT molecular complexity index is 574. The summed E-state index contributed by atoms with van der Waals surface area (Å²) in [4.78, 5) is 16.0. The maximum absolute atomic E-state index is 13.2. The summed E-state index contributed by atoms with van der Waals surface area (Å²) in [5, 5.41) is 10.2. The molecule has 8 heteroatoms. The van der Waals surface area contributed by atoms with E-state index in [2.05, 4.69) is 10.4 Å². The smallest absolute Gasteiger partial charge is 0.359 e. The number of hydrogen-bond donors (Lipinski definition) is 2. The predicted molar refractivity (Wildman–Crippen MR) is 72.2 cm³/mol. The second-order valence-electron chi connectivity index (χ2n) is 4.99. The van der Waals surface area contributed by atoms with Gasteiger partial charge >= 0.3 is 6.18 Å². The Morgan fingerprint density at radius 2 is 2.23 bits per heavy atom. The number of aliphatic hydroxyl groups is 1. The first kappa shape index (κ1) is 16.3. The molecule has 0 unspecified atom stereocenters. The number of halogens is 3. The first-order valence-corrected chi connectivity index (χ1v) is 6.81. The SMILES string of the molecule is CCCCC1=C[C@](O)(C(F)(F)F)N(C(=O)c2cccnc2)N1. The summed E-state index contributed by atoms with van der Waals surface area (Å²) in [5.41, 5.74) is -0.891. The van der Waals surface area contributed by atoms with E-state index in [0.29, 0.717) is 18.9 Å². The molecule has 0 aliphatic carbocycles. The van der Waals surface area contributed by atoms with E-state index in [-0.39, 0.29) is 16.3 Å². The number of alkyl halides is 3. The van der Waals surface area contributed by atoms with Gasteiger partial charge in [0.1, 0.15) is 0 Å². The van der Waals surface area contributed by atoms with Crippen molar-refractivity contribution < 1.29 is 23.1 Å². The van der Waals surface area contributed by atoms with Crippen LogP contribution in [0.1, 0.15) is 36.5 Å². The van der Waals surface area contributed by atoms with Gasteiger partial charge in [0.05, 0.1) is 5.56 Å². The average Bonchev–Trinajstić information content (AvgIpc) is 2.83. The molecule has 0 saturated heterocycles. The van der Waals surface area contributed by atoms with Crippen LogP contribution in [0.2, 0.25) is 0 Å². The molecule has 22 heavy (non-hydrogen) atoms. The van der Waals surface area contributed by atoms with E-state index in [0.717, 1.165) is 12.6 Å². The molecule has 1 aliphatic rings. The second-order valence-corrected chi connectivity index (χ2v) is 4.99. The van der Waals surface area contributed by atoms with Gasteiger partial charge in [-0.15, -0.1) is 0 Å². The van der Waals surface area contributed by atoms with Crippen LogP contribution in [0.3, 0.4) is 0 Å². The number of unbranched alkanes of at least 4 members (excludes halogenated alkanes) is 1. The van der Waals surface area contributed by atoms with Gasteiger partial charge in [-0.25, -0.2) is 5.01 Å². The lowest BCUT2D eigenvalue weighted by Gasteiger charge is -2.33. The van der Waals surface area contributed by atoms with Crippen LogP contribution in [0, 0.1) is 0 Å². The fourth-order valence-corrected chi connectivity index (χ4v) is 2.10. The van der Waals surface area contributed by atoms with E-state index in [1.54, 1.807) is 0 Å². The van der Waals surface area contributed by atoms with Crippen LogP contribution in [-0.2, 0) is 0 Å². The summed E-state index contributed by atoms with van der Waals surface area (Å²) in [6.45, 7) is 1.89. The van der Waals surface area contributed by atoms with E-state index >= 15 is 0 Å². The largest absolute Gasteiger partial charge is 0.442 e. The molecule has 1 atom stereocenters. The third-order valence-corrected chi connectivity index (χ3v) is 3.30. The average molecular weight is 315 g/mol. The summed E-state index contributed by atoms with van der Waals surface area (Å²) < 4.78 is 39.7. The molecule has 120 valence electrons. The van der Waals surface area contributed by atoms with E-state index in [1.807, 2.05) is 6.92 Å². The highest BCUT2D eigenvalue weighted by Crippen LogP contribution is 2.39. The van der Waals surface area contributed by atoms with Crippen LogP contribution in [0.4, 0.5) is 13.2 Å². The number of aromatic nitrogens is 1. The molecule has 2 N–H and O–H groups in total. The fraction of sp³-hybridized carbons (Fsp3) is 0.429. The van der Waals surface area contributed by atoms with Crippen molar-refractivity contribution in [2.75, 3.05) is 0 Å². The Kier molecular flexibility index (Phi) is 4.41. The molecule has 0 radical (unpaired) electrons. The van der Waals surface area contributed by atoms with Gasteiger partial charge in [0.25, 0.3) is 11.6 Å². The first-order valence-electron chi connectivity index (χ1n) is 6.81. The number of carbonyl (C=O) groups is 1. The van der Waals surface area contributed by atoms with Crippen molar-refractivity contribution in [3.63, 3.8) is 0 Å². The van der Waals surface area contributed by atoms with Gasteiger partial charge in [-0.3, -0.25) is 15.2 Å². The van der Waals surface area contributed by atoms with Gasteiger partial charge in [-0.05, 0) is 31.1 Å². The van der Waals surface area contributed by atoms with E-state index < -0.39 is 17.8 Å². The van der Waals surface area contributed by atoms with Crippen molar-refractivity contribution in [1.29, 1.82) is 0 Å². The number of hydrazine groups is 1. The minimum Gasteiger partial charge on any atom is -0.359 e. The highest BCUT2D eigenvalue weighted by molar-refractivity contribution is 5.94. The van der Waals surface area contributed by atoms with Crippen LogP contribution < -0.4 is 5.43 Å². The lowest BCUT2D eigenvalue weighted by Crippen LogP contribution is -2.60. The Morgan fingerprint density at radius 3 is 2.77 bits per heavy atom. The Balaban J connectivity index is 2.32. The summed E-state index contributed by atoms with van der Waals surface area (Å²) in [7, 11) is 0. The Labute approximate surface area is 125 Å². The number of rotatable bonds is 4. The van der Waals surface area contributed by atoms with E-state index in [9.17, 15) is 23.1 Å². The third-order valence-electron chi connectivity index (χ3n) is 3.30. The fourth-order valence-electron chi connectivity index (χ4n) is 2.10. The molecule has 0 saturated carbocycles. The number of amides is 1. The monoisotopic (exact) mass is 315 g/mol. The predicted octanol–water partition coefficient (Wildman–Crippen LogP) is 2.37. The van der Waals surface area contributed by atoms with Crippen molar-refractivity contribution in [2.24, 2.45) is 0 Å². The zero-order chi connectivity index (χ0) is 16.4. The molecule has 1 aromatic heterocycles. The van der Waals surface area contributed by atoms with E-state index in [4.69, 9.17) is 0 Å². The standard InChI is InChI=1S/C14H16F3N3O2/c1-2-3-6-11-8-13(22,14(15,16)17)20(19-11)12(21)10-5-4-7-18-9-10/h4-5,7-9,19,22H,2-3,6H2,1H3/t13-/m0/s1. The molecule has 0 aromatic carbocycles. The van der Waals surface area contributed by atoms with Crippen LogP contribution in [0.25, 0.3) is 0 Å². The van der Waals surface area contributed by atoms with E-state index in [1.165, 1.54) is 18.3 Å². The zero-order valence-corrected chi connectivity index (χ0v) is 11.9. The molecule has 2 rings (SSSR count). The molecule has 5 nitrogen and oxygen atoms in total. The van der Waals surface area contributed by atoms with Crippen LogP contribution in [-0.4, -0.2) is 32.9 Å². The number of carbonyl (C=O) groups excluding carboxylic acids is 1. The van der Waals surface area contributed by atoms with Gasteiger partial charge in [-0.1, -0.05) is 13.3 Å². The van der Waals surface area contributed by atoms with Crippen molar-refractivity contribution >= 4 is 5.91 Å². The normalized spacial score (nSPS) is 21.5. The highest BCUT2D eigenvalue weighted by atomic mass is 19.4. The second kappa shape index (κ2) is 5.96. The van der Waals surface area contributed by atoms with Crippen LogP contribution in [0.5, 0.6) is 0 Å². The Morgan fingerprint density at radius 1 is 1.50 bits per heavy atom. The lowest BCUT2D eigenvalue weighted by molar-refractivity contribution is -0.283. The maximum atomic E-state index is 13.2. The number of allylic oxidation sites excluding steroid dienone is 1.